The van der Waals surface area contributed by atoms with Crippen molar-refractivity contribution in [1.82, 2.24) is 9.80 Å². The molecule has 3 heteroatoms. The van der Waals surface area contributed by atoms with Gasteiger partial charge in [-0.05, 0) is 44.6 Å². The molecule has 0 aliphatic carbocycles. The molecule has 0 aromatic heterocycles. The number of hydrogen-bond acceptors (Lipinski definition) is 3. The van der Waals surface area contributed by atoms with Crippen molar-refractivity contribution in [2.45, 2.75) is 83.8 Å². The summed E-state index contributed by atoms with van der Waals surface area (Å²) in [5.41, 5.74) is 6.67. The van der Waals surface area contributed by atoms with Crippen molar-refractivity contribution >= 4 is 0 Å². The minimum absolute atomic E-state index is 0.237. The van der Waals surface area contributed by atoms with E-state index in [2.05, 4.69) is 37.5 Å². The second-order valence-electron chi connectivity index (χ2n) is 7.62. The van der Waals surface area contributed by atoms with E-state index in [0.29, 0.717) is 18.0 Å². The molecule has 0 bridgehead atoms. The quantitative estimate of drug-likeness (QED) is 0.783. The van der Waals surface area contributed by atoms with Gasteiger partial charge in [-0.15, -0.1) is 0 Å². The maximum atomic E-state index is 6.43. The maximum absolute atomic E-state index is 6.43. The molecule has 2 aliphatic rings. The van der Waals surface area contributed by atoms with Crippen molar-refractivity contribution < 1.29 is 0 Å². The molecular formula is C18H37N3. The Hall–Kier alpha value is -0.120. The van der Waals surface area contributed by atoms with Crippen LogP contribution in [-0.4, -0.2) is 53.6 Å². The third-order valence-electron chi connectivity index (χ3n) is 5.94. The van der Waals surface area contributed by atoms with Crippen molar-refractivity contribution in [2.75, 3.05) is 26.2 Å². The Balaban J connectivity index is 2.29. The van der Waals surface area contributed by atoms with Crippen LogP contribution in [0.25, 0.3) is 0 Å². The van der Waals surface area contributed by atoms with Gasteiger partial charge < -0.3 is 5.73 Å². The summed E-state index contributed by atoms with van der Waals surface area (Å²) in [7, 11) is 0. The van der Waals surface area contributed by atoms with Gasteiger partial charge >= 0.3 is 0 Å². The van der Waals surface area contributed by atoms with Gasteiger partial charge in [0.25, 0.3) is 0 Å². The predicted octanol–water partition coefficient (Wildman–Crippen LogP) is 3.09. The van der Waals surface area contributed by atoms with Gasteiger partial charge in [-0.2, -0.15) is 0 Å². The first kappa shape index (κ1) is 17.2. The largest absolute Gasteiger partial charge is 0.329 e. The van der Waals surface area contributed by atoms with E-state index in [9.17, 15) is 0 Å². The van der Waals surface area contributed by atoms with Crippen LogP contribution < -0.4 is 5.73 Å². The molecular weight excluding hydrogens is 258 g/mol. The Labute approximate surface area is 132 Å². The molecule has 3 nitrogen and oxygen atoms in total. The number of piperidine rings is 1. The van der Waals surface area contributed by atoms with Crippen LogP contribution in [0.4, 0.5) is 0 Å². The molecule has 2 heterocycles. The molecule has 2 atom stereocenters. The molecule has 21 heavy (non-hydrogen) atoms. The van der Waals surface area contributed by atoms with Crippen molar-refractivity contribution in [3.63, 3.8) is 0 Å². The van der Waals surface area contributed by atoms with E-state index in [0.717, 1.165) is 6.54 Å². The fraction of sp³-hybridized carbons (Fsp3) is 1.00. The SMILES string of the molecule is CCC(CC)N(CC(C)C)C1(CN)CCN2CCCCC21. The Bertz CT molecular complexity index is 314. The molecule has 124 valence electrons. The molecule has 0 amide bonds. The fourth-order valence-corrected chi connectivity index (χ4v) is 4.88. The van der Waals surface area contributed by atoms with Gasteiger partial charge in [0.15, 0.2) is 0 Å². The average Bonchev–Trinajstić information content (AvgIpc) is 2.87. The lowest BCUT2D eigenvalue weighted by atomic mass is 9.81. The minimum atomic E-state index is 0.237. The molecule has 2 N–H and O–H groups in total. The Morgan fingerprint density at radius 3 is 2.48 bits per heavy atom. The van der Waals surface area contributed by atoms with E-state index in [-0.39, 0.29) is 5.54 Å². The first-order valence-corrected chi connectivity index (χ1v) is 9.29. The van der Waals surface area contributed by atoms with Gasteiger partial charge in [-0.25, -0.2) is 0 Å². The van der Waals surface area contributed by atoms with Gasteiger partial charge in [0.05, 0.1) is 5.54 Å². The predicted molar refractivity (Wildman–Crippen MR) is 91.5 cm³/mol. The van der Waals surface area contributed by atoms with Crippen molar-refractivity contribution in [1.29, 1.82) is 0 Å². The fourth-order valence-electron chi connectivity index (χ4n) is 4.88. The average molecular weight is 296 g/mol. The number of rotatable bonds is 7. The van der Waals surface area contributed by atoms with Crippen LogP contribution in [0.15, 0.2) is 0 Å². The third kappa shape index (κ3) is 3.30. The summed E-state index contributed by atoms with van der Waals surface area (Å²) in [6, 6.07) is 1.40. The van der Waals surface area contributed by atoms with Gasteiger partial charge in [-0.1, -0.05) is 34.1 Å². The van der Waals surface area contributed by atoms with E-state index in [1.165, 1.54) is 58.2 Å². The Morgan fingerprint density at radius 2 is 1.90 bits per heavy atom. The molecule has 0 aromatic rings. The molecule has 2 aliphatic heterocycles. The number of hydrogen-bond donors (Lipinski definition) is 1. The molecule has 2 saturated heterocycles. The second kappa shape index (κ2) is 7.43. The summed E-state index contributed by atoms with van der Waals surface area (Å²) in [5.74, 6) is 0.715. The third-order valence-corrected chi connectivity index (χ3v) is 5.94. The number of nitrogens with two attached hydrogens (primary N) is 1. The zero-order chi connectivity index (χ0) is 15.5. The topological polar surface area (TPSA) is 32.5 Å². The highest BCUT2D eigenvalue weighted by molar-refractivity contribution is 5.10. The standard InChI is InChI=1S/C18H37N3/c1-5-16(6-2)21(13-15(3)4)18(14-19)10-12-20-11-8-7-9-17(18)20/h15-17H,5-14,19H2,1-4H3. The van der Waals surface area contributed by atoms with E-state index in [1.807, 2.05) is 0 Å². The van der Waals surface area contributed by atoms with Crippen LogP contribution >= 0.6 is 0 Å². The maximum Gasteiger partial charge on any atom is 0.0501 e. The van der Waals surface area contributed by atoms with Gasteiger partial charge in [-0.3, -0.25) is 9.80 Å². The molecule has 0 saturated carbocycles. The van der Waals surface area contributed by atoms with E-state index in [1.54, 1.807) is 0 Å². The van der Waals surface area contributed by atoms with Crippen LogP contribution in [0.2, 0.25) is 0 Å². The Kier molecular flexibility index (Phi) is 6.10. The summed E-state index contributed by atoms with van der Waals surface area (Å²) in [6.45, 7) is 14.0. The zero-order valence-electron chi connectivity index (χ0n) is 14.8. The lowest BCUT2D eigenvalue weighted by Gasteiger charge is -2.51. The molecule has 0 aromatic carbocycles. The lowest BCUT2D eigenvalue weighted by molar-refractivity contribution is -0.00460. The smallest absolute Gasteiger partial charge is 0.0501 e. The highest BCUT2D eigenvalue weighted by Crippen LogP contribution is 2.41. The number of nitrogens with zero attached hydrogens (tertiary/aromatic N) is 2. The highest BCUT2D eigenvalue weighted by atomic mass is 15.3. The summed E-state index contributed by atoms with van der Waals surface area (Å²) in [5, 5.41) is 0. The summed E-state index contributed by atoms with van der Waals surface area (Å²) in [4.78, 5) is 5.58. The second-order valence-corrected chi connectivity index (χ2v) is 7.62. The number of fused-ring (bicyclic) bond motifs is 1. The van der Waals surface area contributed by atoms with Crippen molar-refractivity contribution in [3.05, 3.63) is 0 Å². The first-order chi connectivity index (χ1) is 10.1. The Morgan fingerprint density at radius 1 is 1.19 bits per heavy atom. The van der Waals surface area contributed by atoms with E-state index < -0.39 is 0 Å². The molecule has 2 fully saturated rings. The lowest BCUT2D eigenvalue weighted by Crippen LogP contribution is -2.64. The monoisotopic (exact) mass is 295 g/mol. The molecule has 2 rings (SSSR count). The van der Waals surface area contributed by atoms with Gasteiger partial charge in [0, 0.05) is 31.7 Å². The molecule has 2 unspecified atom stereocenters. The van der Waals surface area contributed by atoms with E-state index >= 15 is 0 Å². The minimum Gasteiger partial charge on any atom is -0.329 e. The van der Waals surface area contributed by atoms with Crippen LogP contribution in [-0.2, 0) is 0 Å². The highest BCUT2D eigenvalue weighted by Gasteiger charge is 2.51. The van der Waals surface area contributed by atoms with Crippen LogP contribution in [0.3, 0.4) is 0 Å². The first-order valence-electron chi connectivity index (χ1n) is 9.29. The van der Waals surface area contributed by atoms with Crippen molar-refractivity contribution in [3.8, 4) is 0 Å². The van der Waals surface area contributed by atoms with Gasteiger partial charge in [0.2, 0.25) is 0 Å². The summed E-state index contributed by atoms with van der Waals surface area (Å²) >= 11 is 0. The summed E-state index contributed by atoms with van der Waals surface area (Å²) < 4.78 is 0. The van der Waals surface area contributed by atoms with E-state index in [4.69, 9.17) is 5.73 Å². The van der Waals surface area contributed by atoms with Crippen LogP contribution in [0.1, 0.15) is 66.2 Å². The van der Waals surface area contributed by atoms with Gasteiger partial charge in [0.1, 0.15) is 0 Å². The molecule has 0 radical (unpaired) electrons. The van der Waals surface area contributed by atoms with Crippen LogP contribution in [0.5, 0.6) is 0 Å². The summed E-state index contributed by atoms with van der Waals surface area (Å²) in [6.07, 6.45) is 7.90. The zero-order valence-corrected chi connectivity index (χ0v) is 14.8. The normalized spacial score (nSPS) is 30.6. The molecule has 0 spiro atoms. The van der Waals surface area contributed by atoms with Crippen LogP contribution in [0, 0.1) is 5.92 Å². The van der Waals surface area contributed by atoms with Crippen molar-refractivity contribution in [2.24, 2.45) is 11.7 Å².